The minimum absolute atomic E-state index is 0.0149. The van der Waals surface area contributed by atoms with Crippen molar-refractivity contribution in [1.82, 2.24) is 10.3 Å². The van der Waals surface area contributed by atoms with Gasteiger partial charge in [-0.1, -0.05) is 39.8 Å². The summed E-state index contributed by atoms with van der Waals surface area (Å²) < 4.78 is 10.8. The summed E-state index contributed by atoms with van der Waals surface area (Å²) in [5.41, 5.74) is 3.05. The van der Waals surface area contributed by atoms with Crippen LogP contribution in [-0.4, -0.2) is 30.8 Å². The third-order valence-electron chi connectivity index (χ3n) is 6.09. The van der Waals surface area contributed by atoms with E-state index in [1.54, 1.807) is 0 Å². The summed E-state index contributed by atoms with van der Waals surface area (Å²) in [6.07, 6.45) is 2.66. The summed E-state index contributed by atoms with van der Waals surface area (Å²) in [6, 6.07) is 9.86. The van der Waals surface area contributed by atoms with E-state index < -0.39 is 0 Å². The molecule has 0 aliphatic carbocycles. The normalized spacial score (nSPS) is 16.5. The molecule has 6 nitrogen and oxygen atoms in total. The molecule has 0 saturated carbocycles. The fourth-order valence-corrected chi connectivity index (χ4v) is 4.02. The molecule has 0 unspecified atom stereocenters. The number of nitrogens with zero attached hydrogens (tertiary/aromatic N) is 2. The van der Waals surface area contributed by atoms with Crippen LogP contribution >= 0.6 is 0 Å². The average molecular weight is 424 g/mol. The van der Waals surface area contributed by atoms with E-state index in [-0.39, 0.29) is 18.1 Å². The molecule has 2 aromatic rings. The fourth-order valence-electron chi connectivity index (χ4n) is 4.02. The van der Waals surface area contributed by atoms with Crippen molar-refractivity contribution in [3.8, 4) is 11.5 Å². The topological polar surface area (TPSA) is 63.7 Å². The number of anilines is 1. The summed E-state index contributed by atoms with van der Waals surface area (Å²) in [5.74, 6) is 3.19. The van der Waals surface area contributed by atoms with E-state index in [0.29, 0.717) is 18.7 Å². The fraction of sp³-hybridized carbons (Fsp3) is 0.520. The Kier molecular flexibility index (Phi) is 6.08. The number of benzene rings is 1. The molecule has 1 saturated heterocycles. The van der Waals surface area contributed by atoms with Crippen molar-refractivity contribution < 1.29 is 14.3 Å². The third kappa shape index (κ3) is 5.12. The summed E-state index contributed by atoms with van der Waals surface area (Å²) in [6.45, 7) is 11.6. The molecule has 1 amide bonds. The summed E-state index contributed by atoms with van der Waals surface area (Å²) >= 11 is 0. The minimum Gasteiger partial charge on any atom is -0.454 e. The molecule has 0 atom stereocenters. The van der Waals surface area contributed by atoms with Crippen LogP contribution in [0.25, 0.3) is 0 Å². The molecule has 31 heavy (non-hydrogen) atoms. The lowest BCUT2D eigenvalue weighted by Crippen LogP contribution is -2.35. The number of carbonyl (C=O) groups is 1. The number of piperidine rings is 1. The number of nitrogens with one attached hydrogen (secondary N) is 1. The quantitative estimate of drug-likeness (QED) is 0.781. The molecule has 1 N–H and O–H groups in total. The summed E-state index contributed by atoms with van der Waals surface area (Å²) in [7, 11) is 0. The van der Waals surface area contributed by atoms with Crippen LogP contribution < -0.4 is 19.7 Å². The van der Waals surface area contributed by atoms with E-state index in [1.165, 1.54) is 12.8 Å². The lowest BCUT2D eigenvalue weighted by Gasteiger charge is -2.33. The van der Waals surface area contributed by atoms with Gasteiger partial charge in [0, 0.05) is 36.3 Å². The number of fused-ring (bicyclic) bond motifs is 1. The molecule has 6 heteroatoms. The van der Waals surface area contributed by atoms with Gasteiger partial charge in [-0.3, -0.25) is 4.79 Å². The van der Waals surface area contributed by atoms with Gasteiger partial charge in [0.15, 0.2) is 11.5 Å². The van der Waals surface area contributed by atoms with Gasteiger partial charge < -0.3 is 19.7 Å². The lowest BCUT2D eigenvalue weighted by atomic mass is 9.91. The first kappa shape index (κ1) is 21.5. The second kappa shape index (κ2) is 8.77. The van der Waals surface area contributed by atoms with Crippen molar-refractivity contribution in [3.63, 3.8) is 0 Å². The summed E-state index contributed by atoms with van der Waals surface area (Å²) in [5, 5.41) is 3.08. The smallest absolute Gasteiger partial charge is 0.231 e. The number of aromatic nitrogens is 1. The van der Waals surface area contributed by atoms with E-state index in [0.717, 1.165) is 47.4 Å². The maximum atomic E-state index is 12.6. The van der Waals surface area contributed by atoms with E-state index in [2.05, 4.69) is 50.0 Å². The molecule has 1 fully saturated rings. The molecule has 1 aromatic heterocycles. The van der Waals surface area contributed by atoms with Crippen molar-refractivity contribution in [3.05, 3.63) is 47.2 Å². The molecular formula is C25H33N3O3. The SMILES string of the molecule is CC1CCN(c2nc(C(C)(C)C)ccc2CNC(=O)Cc2ccc3c(c2)OCO3)CC1. The molecule has 2 aliphatic rings. The van der Waals surface area contributed by atoms with Crippen molar-refractivity contribution in [2.24, 2.45) is 5.92 Å². The highest BCUT2D eigenvalue weighted by molar-refractivity contribution is 5.79. The zero-order chi connectivity index (χ0) is 22.0. The Balaban J connectivity index is 1.46. The highest BCUT2D eigenvalue weighted by atomic mass is 16.7. The molecular weight excluding hydrogens is 390 g/mol. The number of hydrogen-bond donors (Lipinski definition) is 1. The standard InChI is InChI=1S/C25H33N3O3/c1-17-9-11-28(12-10-17)24-19(6-8-22(27-24)25(2,3)4)15-26-23(29)14-18-5-7-20-21(13-18)31-16-30-20/h5-8,13,17H,9-12,14-16H2,1-4H3,(H,26,29). The van der Waals surface area contributed by atoms with Gasteiger partial charge in [-0.25, -0.2) is 4.98 Å². The third-order valence-corrected chi connectivity index (χ3v) is 6.09. The number of rotatable bonds is 5. The van der Waals surface area contributed by atoms with Gasteiger partial charge in [-0.05, 0) is 42.5 Å². The van der Waals surface area contributed by atoms with Crippen LogP contribution in [0, 0.1) is 5.92 Å². The molecule has 0 bridgehead atoms. The number of ether oxygens (including phenoxy) is 2. The molecule has 3 heterocycles. The molecule has 1 aromatic carbocycles. The van der Waals surface area contributed by atoms with E-state index in [1.807, 2.05) is 18.2 Å². The monoisotopic (exact) mass is 423 g/mol. The van der Waals surface area contributed by atoms with Crippen LogP contribution in [0.1, 0.15) is 57.4 Å². The number of pyridine rings is 1. The van der Waals surface area contributed by atoms with E-state index in [4.69, 9.17) is 14.5 Å². The van der Waals surface area contributed by atoms with Gasteiger partial charge in [0.2, 0.25) is 12.7 Å². The second-order valence-corrected chi connectivity index (χ2v) is 9.74. The highest BCUT2D eigenvalue weighted by Crippen LogP contribution is 2.33. The maximum absolute atomic E-state index is 12.6. The second-order valence-electron chi connectivity index (χ2n) is 9.74. The van der Waals surface area contributed by atoms with Crippen molar-refractivity contribution in [1.29, 1.82) is 0 Å². The van der Waals surface area contributed by atoms with Gasteiger partial charge in [-0.2, -0.15) is 0 Å². The Morgan fingerprint density at radius 2 is 1.87 bits per heavy atom. The first-order chi connectivity index (χ1) is 14.8. The van der Waals surface area contributed by atoms with Crippen LogP contribution in [0.5, 0.6) is 11.5 Å². The Labute approximate surface area is 185 Å². The Bertz CT molecular complexity index is 944. The van der Waals surface area contributed by atoms with Crippen LogP contribution in [0.2, 0.25) is 0 Å². The van der Waals surface area contributed by atoms with Gasteiger partial charge in [0.05, 0.1) is 6.42 Å². The van der Waals surface area contributed by atoms with Crippen molar-refractivity contribution in [2.45, 2.75) is 58.9 Å². The number of carbonyl (C=O) groups excluding carboxylic acids is 1. The Hall–Kier alpha value is -2.76. The van der Waals surface area contributed by atoms with Crippen LogP contribution in [-0.2, 0) is 23.2 Å². The van der Waals surface area contributed by atoms with Crippen LogP contribution in [0.3, 0.4) is 0 Å². The first-order valence-corrected chi connectivity index (χ1v) is 11.2. The predicted octanol–water partition coefficient (Wildman–Crippen LogP) is 4.20. The number of hydrogen-bond acceptors (Lipinski definition) is 5. The highest BCUT2D eigenvalue weighted by Gasteiger charge is 2.23. The van der Waals surface area contributed by atoms with E-state index in [9.17, 15) is 4.79 Å². The van der Waals surface area contributed by atoms with E-state index >= 15 is 0 Å². The van der Waals surface area contributed by atoms with Crippen LogP contribution in [0.4, 0.5) is 5.82 Å². The average Bonchev–Trinajstić information content (AvgIpc) is 3.20. The lowest BCUT2D eigenvalue weighted by molar-refractivity contribution is -0.120. The van der Waals surface area contributed by atoms with Gasteiger partial charge in [0.25, 0.3) is 0 Å². The molecule has 0 radical (unpaired) electrons. The van der Waals surface area contributed by atoms with Crippen molar-refractivity contribution in [2.75, 3.05) is 24.8 Å². The van der Waals surface area contributed by atoms with Crippen molar-refractivity contribution >= 4 is 11.7 Å². The molecule has 166 valence electrons. The molecule has 4 rings (SSSR count). The van der Waals surface area contributed by atoms with Gasteiger partial charge >= 0.3 is 0 Å². The minimum atomic E-state index is -0.0167. The zero-order valence-corrected chi connectivity index (χ0v) is 19.0. The number of amides is 1. The molecule has 0 spiro atoms. The summed E-state index contributed by atoms with van der Waals surface area (Å²) in [4.78, 5) is 20.0. The molecule has 2 aliphatic heterocycles. The largest absolute Gasteiger partial charge is 0.454 e. The Morgan fingerprint density at radius 3 is 2.61 bits per heavy atom. The zero-order valence-electron chi connectivity index (χ0n) is 19.0. The van der Waals surface area contributed by atoms with Gasteiger partial charge in [-0.15, -0.1) is 0 Å². The first-order valence-electron chi connectivity index (χ1n) is 11.2. The Morgan fingerprint density at radius 1 is 1.13 bits per heavy atom. The van der Waals surface area contributed by atoms with Gasteiger partial charge in [0.1, 0.15) is 5.82 Å². The predicted molar refractivity (Wildman–Crippen MR) is 122 cm³/mol. The van der Waals surface area contributed by atoms with Crippen LogP contribution in [0.15, 0.2) is 30.3 Å². The maximum Gasteiger partial charge on any atom is 0.231 e.